The molecule has 0 aliphatic carbocycles. The molecule has 82 valence electrons. The van der Waals surface area contributed by atoms with Gasteiger partial charge in [0.15, 0.2) is 0 Å². The molecule has 0 atom stereocenters. The van der Waals surface area contributed by atoms with E-state index >= 15 is 0 Å². The first-order chi connectivity index (χ1) is 6.91. The molecule has 0 amide bonds. The van der Waals surface area contributed by atoms with E-state index in [9.17, 15) is 0 Å². The summed E-state index contributed by atoms with van der Waals surface area (Å²) in [4.78, 5) is 0. The molecule has 0 spiro atoms. The number of hydrogen-bond acceptors (Lipinski definition) is 0. The van der Waals surface area contributed by atoms with Crippen molar-refractivity contribution >= 4 is 0 Å². The van der Waals surface area contributed by atoms with Gasteiger partial charge in [-0.2, -0.15) is 0 Å². The zero-order valence-electron chi connectivity index (χ0n) is 9.64. The van der Waals surface area contributed by atoms with Crippen LogP contribution >= 0.6 is 0 Å². The molecule has 0 nitrogen and oxygen atoms in total. The van der Waals surface area contributed by atoms with E-state index in [-0.39, 0.29) is 0 Å². The summed E-state index contributed by atoms with van der Waals surface area (Å²) in [6.07, 6.45) is 17.3. The summed E-state index contributed by atoms with van der Waals surface area (Å²) in [5.74, 6) is 0. The van der Waals surface area contributed by atoms with Gasteiger partial charge in [-0.3, -0.25) is 0 Å². The molecule has 0 aromatic rings. The van der Waals surface area contributed by atoms with Gasteiger partial charge in [0.2, 0.25) is 0 Å². The van der Waals surface area contributed by atoms with Crippen LogP contribution in [-0.2, 0) is 0 Å². The fraction of sp³-hybridized carbons (Fsp3) is 0.714. The minimum Gasteiger partial charge on any atom is -0.0885 e. The molecule has 0 saturated heterocycles. The third-order valence-electron chi connectivity index (χ3n) is 2.41. The zero-order chi connectivity index (χ0) is 10.5. The van der Waals surface area contributed by atoms with Crippen LogP contribution in [0.4, 0.5) is 0 Å². The Bertz CT molecular complexity index is 113. The molecule has 0 unspecified atom stereocenters. The van der Waals surface area contributed by atoms with Crippen LogP contribution in [0.1, 0.15) is 64.2 Å². The van der Waals surface area contributed by atoms with Crippen LogP contribution in [0, 0.1) is 13.8 Å². The topological polar surface area (TPSA) is 0 Å². The highest BCUT2D eigenvalue weighted by Crippen LogP contribution is 2.07. The molecular weight excluding hydrogens is 168 g/mol. The first-order valence-electron chi connectivity index (χ1n) is 6.15. The average Bonchev–Trinajstić information content (AvgIpc) is 2.21. The third-order valence-corrected chi connectivity index (χ3v) is 2.41. The molecule has 0 N–H and O–H groups in total. The fourth-order valence-electron chi connectivity index (χ4n) is 1.47. The standard InChI is InChI=1S/C14H26/c1-3-5-7-9-11-13-14-12-10-8-6-4-2/h9,11H,1-8,10,12-14H2. The van der Waals surface area contributed by atoms with E-state index in [0.717, 1.165) is 12.8 Å². The molecule has 0 fully saturated rings. The van der Waals surface area contributed by atoms with Gasteiger partial charge in [-0.05, 0) is 25.7 Å². The van der Waals surface area contributed by atoms with Crippen molar-refractivity contribution in [2.45, 2.75) is 64.2 Å². The van der Waals surface area contributed by atoms with Crippen LogP contribution < -0.4 is 0 Å². The second-order valence-corrected chi connectivity index (χ2v) is 3.88. The SMILES string of the molecule is [CH2]CCCC=CCCCCCCC[CH2]. The van der Waals surface area contributed by atoms with Crippen molar-refractivity contribution in [3.8, 4) is 0 Å². The molecule has 0 heteroatoms. The van der Waals surface area contributed by atoms with Gasteiger partial charge in [0.05, 0.1) is 0 Å². The summed E-state index contributed by atoms with van der Waals surface area (Å²) >= 11 is 0. The highest BCUT2D eigenvalue weighted by atomic mass is 13.9. The smallest absolute Gasteiger partial charge is 0.0351 e. The quantitative estimate of drug-likeness (QED) is 0.335. The van der Waals surface area contributed by atoms with Crippen LogP contribution in [-0.4, -0.2) is 0 Å². The van der Waals surface area contributed by atoms with Crippen molar-refractivity contribution in [2.75, 3.05) is 0 Å². The molecule has 0 aliphatic rings. The lowest BCUT2D eigenvalue weighted by Gasteiger charge is -1.97. The summed E-state index contributed by atoms with van der Waals surface area (Å²) < 4.78 is 0. The van der Waals surface area contributed by atoms with Gasteiger partial charge in [-0.25, -0.2) is 0 Å². The van der Waals surface area contributed by atoms with Gasteiger partial charge in [-0.15, -0.1) is 0 Å². The van der Waals surface area contributed by atoms with Crippen molar-refractivity contribution in [2.24, 2.45) is 0 Å². The Morgan fingerprint density at radius 1 is 0.571 bits per heavy atom. The van der Waals surface area contributed by atoms with E-state index in [2.05, 4.69) is 26.0 Å². The summed E-state index contributed by atoms with van der Waals surface area (Å²) in [6.45, 7) is 7.67. The Labute approximate surface area is 90.8 Å². The van der Waals surface area contributed by atoms with Crippen LogP contribution in [0.15, 0.2) is 12.2 Å². The van der Waals surface area contributed by atoms with Crippen LogP contribution in [0.3, 0.4) is 0 Å². The molecule has 0 aromatic carbocycles. The number of allylic oxidation sites excluding steroid dienone is 2. The Balaban J connectivity index is 2.94. The monoisotopic (exact) mass is 194 g/mol. The first-order valence-corrected chi connectivity index (χ1v) is 6.15. The lowest BCUT2D eigenvalue weighted by Crippen LogP contribution is -1.77. The molecular formula is C14H26. The fourth-order valence-corrected chi connectivity index (χ4v) is 1.47. The van der Waals surface area contributed by atoms with Gasteiger partial charge < -0.3 is 0 Å². The summed E-state index contributed by atoms with van der Waals surface area (Å²) in [6, 6.07) is 0. The Kier molecular flexibility index (Phi) is 12.5. The molecule has 0 aliphatic heterocycles. The zero-order valence-corrected chi connectivity index (χ0v) is 9.64. The van der Waals surface area contributed by atoms with Gasteiger partial charge in [0.25, 0.3) is 0 Å². The molecule has 0 rings (SSSR count). The van der Waals surface area contributed by atoms with E-state index in [1.807, 2.05) is 0 Å². The van der Waals surface area contributed by atoms with Crippen molar-refractivity contribution in [3.05, 3.63) is 26.0 Å². The highest BCUT2D eigenvalue weighted by molar-refractivity contribution is 4.81. The second-order valence-electron chi connectivity index (χ2n) is 3.88. The maximum absolute atomic E-state index is 3.85. The van der Waals surface area contributed by atoms with Gasteiger partial charge >= 0.3 is 0 Å². The molecule has 0 aromatic heterocycles. The highest BCUT2D eigenvalue weighted by Gasteiger charge is 1.87. The van der Waals surface area contributed by atoms with E-state index in [4.69, 9.17) is 0 Å². The van der Waals surface area contributed by atoms with Crippen LogP contribution in [0.5, 0.6) is 0 Å². The van der Waals surface area contributed by atoms with Crippen molar-refractivity contribution in [1.29, 1.82) is 0 Å². The summed E-state index contributed by atoms with van der Waals surface area (Å²) in [5, 5.41) is 0. The van der Waals surface area contributed by atoms with Crippen molar-refractivity contribution in [1.82, 2.24) is 0 Å². The largest absolute Gasteiger partial charge is 0.0885 e. The Hall–Kier alpha value is -0.260. The molecule has 14 heavy (non-hydrogen) atoms. The average molecular weight is 194 g/mol. The number of unbranched alkanes of at least 4 members (excludes halogenated alkanes) is 8. The maximum atomic E-state index is 3.85. The summed E-state index contributed by atoms with van der Waals surface area (Å²) in [7, 11) is 0. The predicted molar refractivity (Wildman–Crippen MR) is 66.0 cm³/mol. The molecule has 0 heterocycles. The Morgan fingerprint density at radius 3 is 1.71 bits per heavy atom. The van der Waals surface area contributed by atoms with Crippen LogP contribution in [0.2, 0.25) is 0 Å². The predicted octanol–water partition coefficient (Wildman–Crippen LogP) is 5.11. The van der Waals surface area contributed by atoms with E-state index < -0.39 is 0 Å². The molecule has 2 radical (unpaired) electrons. The molecule has 0 bridgehead atoms. The first kappa shape index (κ1) is 13.7. The van der Waals surface area contributed by atoms with Crippen molar-refractivity contribution < 1.29 is 0 Å². The molecule has 0 saturated carbocycles. The minimum absolute atomic E-state index is 1.06. The second kappa shape index (κ2) is 12.7. The number of hydrogen-bond donors (Lipinski definition) is 0. The lowest BCUT2D eigenvalue weighted by atomic mass is 10.1. The van der Waals surface area contributed by atoms with E-state index in [0.29, 0.717) is 0 Å². The van der Waals surface area contributed by atoms with Gasteiger partial charge in [0.1, 0.15) is 0 Å². The third kappa shape index (κ3) is 11.7. The lowest BCUT2D eigenvalue weighted by molar-refractivity contribution is 0.621. The maximum Gasteiger partial charge on any atom is -0.0351 e. The van der Waals surface area contributed by atoms with Crippen LogP contribution in [0.25, 0.3) is 0 Å². The normalized spacial score (nSPS) is 11.3. The van der Waals surface area contributed by atoms with E-state index in [1.54, 1.807) is 0 Å². The van der Waals surface area contributed by atoms with Crippen molar-refractivity contribution in [3.63, 3.8) is 0 Å². The minimum atomic E-state index is 1.06. The van der Waals surface area contributed by atoms with Gasteiger partial charge in [0, 0.05) is 0 Å². The Morgan fingerprint density at radius 2 is 1.07 bits per heavy atom. The van der Waals surface area contributed by atoms with E-state index in [1.165, 1.54) is 51.4 Å². The number of rotatable bonds is 10. The summed E-state index contributed by atoms with van der Waals surface area (Å²) in [5.41, 5.74) is 0. The van der Waals surface area contributed by atoms with Gasteiger partial charge in [-0.1, -0.05) is 64.5 Å².